The first-order chi connectivity index (χ1) is 9.76. The zero-order chi connectivity index (χ0) is 14.0. The first-order valence-electron chi connectivity index (χ1n) is 8.11. The van der Waals surface area contributed by atoms with E-state index in [9.17, 15) is 0 Å². The third-order valence-electron chi connectivity index (χ3n) is 5.14. The summed E-state index contributed by atoms with van der Waals surface area (Å²) in [7, 11) is 2.02. The molecule has 1 spiro atoms. The Morgan fingerprint density at radius 1 is 1.50 bits per heavy atom. The lowest BCUT2D eigenvalue weighted by Gasteiger charge is -2.38. The smallest absolute Gasteiger partial charge is 0.0703 e. The van der Waals surface area contributed by atoms with E-state index in [0.29, 0.717) is 12.1 Å². The van der Waals surface area contributed by atoms with E-state index < -0.39 is 0 Å². The molecule has 2 heterocycles. The largest absolute Gasteiger partial charge is 0.375 e. The standard InChI is InChI=1S/C16H27N3O/c1-3-15(17-2)13-11-18-19(12-13)14-6-9-20-16(10-14)7-4-5-8-16/h11-12,14-15,17H,3-10H2,1-2H3. The minimum absolute atomic E-state index is 0.169. The van der Waals surface area contributed by atoms with Gasteiger partial charge in [0.25, 0.3) is 0 Å². The van der Waals surface area contributed by atoms with Crippen molar-refractivity contribution in [3.05, 3.63) is 18.0 Å². The Balaban J connectivity index is 1.72. The molecule has 1 aromatic rings. The molecular formula is C16H27N3O. The van der Waals surface area contributed by atoms with Gasteiger partial charge in [-0.05, 0) is 39.2 Å². The van der Waals surface area contributed by atoms with Crippen molar-refractivity contribution in [1.29, 1.82) is 0 Å². The summed E-state index contributed by atoms with van der Waals surface area (Å²) in [6.07, 6.45) is 12.7. The maximum atomic E-state index is 6.12. The Morgan fingerprint density at radius 3 is 3.00 bits per heavy atom. The number of rotatable bonds is 4. The van der Waals surface area contributed by atoms with Crippen molar-refractivity contribution in [2.75, 3.05) is 13.7 Å². The van der Waals surface area contributed by atoms with Crippen LogP contribution in [0.1, 0.15) is 69.5 Å². The average molecular weight is 277 g/mol. The van der Waals surface area contributed by atoms with Crippen molar-refractivity contribution in [2.24, 2.45) is 0 Å². The van der Waals surface area contributed by atoms with Crippen molar-refractivity contribution in [2.45, 2.75) is 69.6 Å². The van der Waals surface area contributed by atoms with E-state index in [0.717, 1.165) is 25.9 Å². The second kappa shape index (κ2) is 5.86. The maximum Gasteiger partial charge on any atom is 0.0703 e. The van der Waals surface area contributed by atoms with E-state index in [-0.39, 0.29) is 5.60 Å². The fourth-order valence-corrected chi connectivity index (χ4v) is 3.93. The van der Waals surface area contributed by atoms with Crippen LogP contribution >= 0.6 is 0 Å². The predicted octanol–water partition coefficient (Wildman–Crippen LogP) is 3.22. The van der Waals surface area contributed by atoms with Crippen LogP contribution in [0.2, 0.25) is 0 Å². The van der Waals surface area contributed by atoms with Crippen LogP contribution in [-0.2, 0) is 4.74 Å². The minimum Gasteiger partial charge on any atom is -0.375 e. The van der Waals surface area contributed by atoms with Crippen molar-refractivity contribution in [1.82, 2.24) is 15.1 Å². The van der Waals surface area contributed by atoms with E-state index in [2.05, 4.69) is 28.2 Å². The van der Waals surface area contributed by atoms with Crippen molar-refractivity contribution < 1.29 is 4.74 Å². The molecule has 1 saturated heterocycles. The highest BCUT2D eigenvalue weighted by Crippen LogP contribution is 2.43. The van der Waals surface area contributed by atoms with Crippen LogP contribution < -0.4 is 5.32 Å². The van der Waals surface area contributed by atoms with Gasteiger partial charge in [-0.1, -0.05) is 19.8 Å². The number of hydrogen-bond acceptors (Lipinski definition) is 3. The van der Waals surface area contributed by atoms with E-state index in [4.69, 9.17) is 4.74 Å². The summed E-state index contributed by atoms with van der Waals surface area (Å²) in [6.45, 7) is 3.10. The Hall–Kier alpha value is -0.870. The normalized spacial score (nSPS) is 27.0. The molecule has 3 rings (SSSR count). The Kier molecular flexibility index (Phi) is 4.13. The number of ether oxygens (including phenoxy) is 1. The third kappa shape index (κ3) is 2.63. The van der Waals surface area contributed by atoms with Gasteiger partial charge in [-0.2, -0.15) is 5.10 Å². The fraction of sp³-hybridized carbons (Fsp3) is 0.812. The Bertz CT molecular complexity index is 433. The maximum absolute atomic E-state index is 6.12. The lowest BCUT2D eigenvalue weighted by atomic mass is 9.89. The Morgan fingerprint density at radius 2 is 2.30 bits per heavy atom. The number of hydrogen-bond donors (Lipinski definition) is 1. The summed E-state index contributed by atoms with van der Waals surface area (Å²) >= 11 is 0. The molecular weight excluding hydrogens is 250 g/mol. The van der Waals surface area contributed by atoms with Crippen LogP contribution in [0.4, 0.5) is 0 Å². The van der Waals surface area contributed by atoms with Gasteiger partial charge in [0.1, 0.15) is 0 Å². The highest BCUT2D eigenvalue weighted by molar-refractivity contribution is 5.11. The molecule has 2 aliphatic rings. The molecule has 0 amide bonds. The molecule has 2 atom stereocenters. The highest BCUT2D eigenvalue weighted by atomic mass is 16.5. The molecule has 2 unspecified atom stereocenters. The molecule has 1 aliphatic carbocycles. The zero-order valence-corrected chi connectivity index (χ0v) is 12.8. The van der Waals surface area contributed by atoms with E-state index in [1.54, 1.807) is 0 Å². The number of nitrogens with zero attached hydrogens (tertiary/aromatic N) is 2. The third-order valence-corrected chi connectivity index (χ3v) is 5.14. The van der Waals surface area contributed by atoms with Crippen LogP contribution in [0.25, 0.3) is 0 Å². The van der Waals surface area contributed by atoms with Crippen LogP contribution in [0.5, 0.6) is 0 Å². The summed E-state index contributed by atoms with van der Waals surface area (Å²) in [4.78, 5) is 0. The van der Waals surface area contributed by atoms with E-state index in [1.165, 1.54) is 31.2 Å². The van der Waals surface area contributed by atoms with Gasteiger partial charge in [0, 0.05) is 24.4 Å². The summed E-state index contributed by atoms with van der Waals surface area (Å²) in [6, 6.07) is 0.939. The monoisotopic (exact) mass is 277 g/mol. The summed E-state index contributed by atoms with van der Waals surface area (Å²) in [5.41, 5.74) is 1.48. The molecule has 20 heavy (non-hydrogen) atoms. The summed E-state index contributed by atoms with van der Waals surface area (Å²) in [5.74, 6) is 0. The van der Waals surface area contributed by atoms with Gasteiger partial charge in [0.2, 0.25) is 0 Å². The topological polar surface area (TPSA) is 39.1 Å². The molecule has 2 fully saturated rings. The van der Waals surface area contributed by atoms with Gasteiger partial charge in [-0.3, -0.25) is 4.68 Å². The van der Waals surface area contributed by atoms with Crippen LogP contribution in [-0.4, -0.2) is 29.0 Å². The van der Waals surface area contributed by atoms with Crippen molar-refractivity contribution in [3.8, 4) is 0 Å². The van der Waals surface area contributed by atoms with Gasteiger partial charge in [0.15, 0.2) is 0 Å². The van der Waals surface area contributed by atoms with Crippen LogP contribution in [0.15, 0.2) is 12.4 Å². The molecule has 4 nitrogen and oxygen atoms in total. The zero-order valence-electron chi connectivity index (χ0n) is 12.8. The van der Waals surface area contributed by atoms with E-state index in [1.807, 2.05) is 13.2 Å². The lowest BCUT2D eigenvalue weighted by molar-refractivity contribution is -0.0910. The summed E-state index contributed by atoms with van der Waals surface area (Å²) in [5, 5.41) is 7.99. The molecule has 0 aromatic carbocycles. The van der Waals surface area contributed by atoms with Crippen LogP contribution in [0, 0.1) is 0 Å². The second-order valence-corrected chi connectivity index (χ2v) is 6.39. The first-order valence-corrected chi connectivity index (χ1v) is 8.11. The van der Waals surface area contributed by atoms with Gasteiger partial charge < -0.3 is 10.1 Å². The predicted molar refractivity (Wildman–Crippen MR) is 79.7 cm³/mol. The molecule has 4 heteroatoms. The van der Waals surface area contributed by atoms with E-state index >= 15 is 0 Å². The molecule has 0 radical (unpaired) electrons. The molecule has 1 N–H and O–H groups in total. The number of nitrogens with one attached hydrogen (secondary N) is 1. The second-order valence-electron chi connectivity index (χ2n) is 6.39. The van der Waals surface area contributed by atoms with Gasteiger partial charge >= 0.3 is 0 Å². The SMILES string of the molecule is CCC(NC)c1cnn(C2CCOC3(CCCC3)C2)c1. The quantitative estimate of drug-likeness (QED) is 0.918. The molecule has 112 valence electrons. The molecule has 0 bridgehead atoms. The lowest BCUT2D eigenvalue weighted by Crippen LogP contribution is -2.38. The van der Waals surface area contributed by atoms with Crippen molar-refractivity contribution in [3.63, 3.8) is 0 Å². The van der Waals surface area contributed by atoms with Crippen LogP contribution in [0.3, 0.4) is 0 Å². The fourth-order valence-electron chi connectivity index (χ4n) is 3.93. The molecule has 1 aromatic heterocycles. The number of aromatic nitrogens is 2. The molecule has 1 aliphatic heterocycles. The van der Waals surface area contributed by atoms with Gasteiger partial charge in [0.05, 0.1) is 17.8 Å². The summed E-state index contributed by atoms with van der Waals surface area (Å²) < 4.78 is 8.31. The van der Waals surface area contributed by atoms with Crippen molar-refractivity contribution >= 4 is 0 Å². The first kappa shape index (κ1) is 14.1. The molecule has 1 saturated carbocycles. The average Bonchev–Trinajstić information content (AvgIpc) is 3.11. The highest BCUT2D eigenvalue weighted by Gasteiger charge is 2.40. The van der Waals surface area contributed by atoms with Gasteiger partial charge in [-0.25, -0.2) is 0 Å². The van der Waals surface area contributed by atoms with Gasteiger partial charge in [-0.15, -0.1) is 0 Å². The minimum atomic E-state index is 0.169. The Labute approximate surface area is 121 Å².